The maximum absolute atomic E-state index is 11.4. The van der Waals surface area contributed by atoms with Crippen LogP contribution in [0.15, 0.2) is 0 Å². The number of hydrogen-bond acceptors (Lipinski definition) is 3. The minimum absolute atomic E-state index is 0.174. The molecule has 5 heteroatoms. The van der Waals surface area contributed by atoms with Crippen molar-refractivity contribution in [3.63, 3.8) is 0 Å². The number of nitrogens with one attached hydrogen (secondary N) is 1. The second-order valence-electron chi connectivity index (χ2n) is 3.93. The predicted octanol–water partition coefficient (Wildman–Crippen LogP) is 1.25. The van der Waals surface area contributed by atoms with Crippen molar-refractivity contribution >= 4 is 23.6 Å². The zero-order valence-corrected chi connectivity index (χ0v) is 9.73. The normalized spacial score (nSPS) is 19.5. The molecule has 86 valence electrons. The van der Waals surface area contributed by atoms with E-state index in [0.29, 0.717) is 18.6 Å². The Kier molecular flexibility index (Phi) is 4.45. The molecule has 1 amide bonds. The van der Waals surface area contributed by atoms with E-state index in [-0.39, 0.29) is 5.91 Å². The minimum atomic E-state index is -0.995. The summed E-state index contributed by atoms with van der Waals surface area (Å²) >= 11 is 1.40. The average molecular weight is 231 g/mol. The molecule has 0 aromatic heterocycles. The number of carboxylic acid groups (broad SMARTS) is 1. The fourth-order valence-electron chi connectivity index (χ4n) is 1.98. The quantitative estimate of drug-likeness (QED) is 0.764. The highest BCUT2D eigenvalue weighted by Gasteiger charge is 2.40. The van der Waals surface area contributed by atoms with E-state index in [2.05, 4.69) is 5.32 Å². The number of thioether (sulfide) groups is 1. The van der Waals surface area contributed by atoms with Gasteiger partial charge >= 0.3 is 5.97 Å². The molecule has 0 heterocycles. The van der Waals surface area contributed by atoms with Crippen molar-refractivity contribution in [2.24, 2.45) is 0 Å². The maximum atomic E-state index is 11.4. The van der Waals surface area contributed by atoms with E-state index in [1.54, 1.807) is 0 Å². The standard InChI is InChI=1S/C10H17NO3S/c1-15-7-8(12)11-10(9(13)14)5-3-2-4-6-10/h2-7H2,1H3,(H,11,12)(H,13,14). The highest BCUT2D eigenvalue weighted by molar-refractivity contribution is 7.99. The molecule has 0 aromatic rings. The van der Waals surface area contributed by atoms with Crippen LogP contribution in [0, 0.1) is 0 Å². The van der Waals surface area contributed by atoms with E-state index in [0.717, 1.165) is 19.3 Å². The van der Waals surface area contributed by atoms with Crippen LogP contribution in [0.2, 0.25) is 0 Å². The van der Waals surface area contributed by atoms with Crippen molar-refractivity contribution in [1.82, 2.24) is 5.32 Å². The van der Waals surface area contributed by atoms with Gasteiger partial charge < -0.3 is 10.4 Å². The summed E-state index contributed by atoms with van der Waals surface area (Å²) in [4.78, 5) is 22.6. The lowest BCUT2D eigenvalue weighted by Gasteiger charge is -2.33. The van der Waals surface area contributed by atoms with E-state index < -0.39 is 11.5 Å². The molecule has 0 atom stereocenters. The second-order valence-corrected chi connectivity index (χ2v) is 4.80. The minimum Gasteiger partial charge on any atom is -0.480 e. The summed E-state index contributed by atoms with van der Waals surface area (Å²) in [6.45, 7) is 0. The SMILES string of the molecule is CSCC(=O)NC1(C(=O)O)CCCCC1. The van der Waals surface area contributed by atoms with Gasteiger partial charge in [0.05, 0.1) is 5.75 Å². The molecule has 1 rings (SSSR count). The topological polar surface area (TPSA) is 66.4 Å². The summed E-state index contributed by atoms with van der Waals surface area (Å²) in [6, 6.07) is 0. The third kappa shape index (κ3) is 3.12. The molecular formula is C10H17NO3S. The van der Waals surface area contributed by atoms with Gasteiger partial charge in [-0.1, -0.05) is 19.3 Å². The van der Waals surface area contributed by atoms with Crippen LogP contribution in [-0.2, 0) is 9.59 Å². The molecule has 1 aliphatic carbocycles. The van der Waals surface area contributed by atoms with Gasteiger partial charge in [0.25, 0.3) is 0 Å². The van der Waals surface area contributed by atoms with Gasteiger partial charge in [0.2, 0.25) is 5.91 Å². The van der Waals surface area contributed by atoms with E-state index in [1.165, 1.54) is 11.8 Å². The lowest BCUT2D eigenvalue weighted by Crippen LogP contribution is -2.56. The highest BCUT2D eigenvalue weighted by atomic mass is 32.2. The number of hydrogen-bond donors (Lipinski definition) is 2. The van der Waals surface area contributed by atoms with Crippen molar-refractivity contribution in [3.8, 4) is 0 Å². The molecule has 15 heavy (non-hydrogen) atoms. The number of amides is 1. The Morgan fingerprint density at radius 2 is 1.93 bits per heavy atom. The first-order chi connectivity index (χ1) is 7.10. The smallest absolute Gasteiger partial charge is 0.329 e. The first-order valence-electron chi connectivity index (χ1n) is 5.14. The van der Waals surface area contributed by atoms with Gasteiger partial charge in [0, 0.05) is 0 Å². The maximum Gasteiger partial charge on any atom is 0.329 e. The van der Waals surface area contributed by atoms with E-state index >= 15 is 0 Å². The second kappa shape index (κ2) is 5.39. The zero-order valence-electron chi connectivity index (χ0n) is 8.91. The third-order valence-corrected chi connectivity index (χ3v) is 3.32. The molecule has 1 fully saturated rings. The molecule has 2 N–H and O–H groups in total. The zero-order chi connectivity index (χ0) is 11.3. The van der Waals surface area contributed by atoms with E-state index in [1.807, 2.05) is 6.26 Å². The molecule has 1 saturated carbocycles. The summed E-state index contributed by atoms with van der Waals surface area (Å²) in [7, 11) is 0. The van der Waals surface area contributed by atoms with Crippen molar-refractivity contribution in [2.45, 2.75) is 37.6 Å². The number of rotatable bonds is 4. The molecule has 4 nitrogen and oxygen atoms in total. The summed E-state index contributed by atoms with van der Waals surface area (Å²) in [6.07, 6.45) is 5.77. The monoisotopic (exact) mass is 231 g/mol. The van der Waals surface area contributed by atoms with Gasteiger partial charge in [-0.05, 0) is 19.1 Å². The largest absolute Gasteiger partial charge is 0.480 e. The molecule has 0 unspecified atom stereocenters. The molecular weight excluding hydrogens is 214 g/mol. The number of carbonyl (C=O) groups excluding carboxylic acids is 1. The van der Waals surface area contributed by atoms with Gasteiger partial charge in [-0.25, -0.2) is 4.79 Å². The number of carboxylic acids is 1. The Hall–Kier alpha value is -0.710. The Bertz CT molecular complexity index is 249. The Balaban J connectivity index is 2.64. The van der Waals surface area contributed by atoms with Crippen LogP contribution in [0.3, 0.4) is 0 Å². The first-order valence-corrected chi connectivity index (χ1v) is 6.53. The molecule has 1 aliphatic rings. The Morgan fingerprint density at radius 3 is 2.40 bits per heavy atom. The lowest BCUT2D eigenvalue weighted by molar-refractivity contribution is -0.148. The fourth-order valence-corrected chi connectivity index (χ4v) is 2.32. The summed E-state index contributed by atoms with van der Waals surface area (Å²) in [5.74, 6) is -0.738. The van der Waals surface area contributed by atoms with Gasteiger partial charge in [-0.2, -0.15) is 11.8 Å². The average Bonchev–Trinajstić information content (AvgIpc) is 2.19. The Labute approximate surface area is 93.8 Å². The van der Waals surface area contributed by atoms with Crippen LogP contribution in [0.4, 0.5) is 0 Å². The molecule has 0 radical (unpaired) electrons. The molecule has 0 bridgehead atoms. The van der Waals surface area contributed by atoms with Crippen molar-refractivity contribution in [1.29, 1.82) is 0 Å². The van der Waals surface area contributed by atoms with Crippen LogP contribution >= 0.6 is 11.8 Å². The highest BCUT2D eigenvalue weighted by Crippen LogP contribution is 2.28. The molecule has 0 spiro atoms. The number of carbonyl (C=O) groups is 2. The summed E-state index contributed by atoms with van der Waals surface area (Å²) in [5.41, 5.74) is -0.995. The van der Waals surface area contributed by atoms with Gasteiger partial charge in [-0.15, -0.1) is 0 Å². The molecule has 0 aromatic carbocycles. The van der Waals surface area contributed by atoms with Crippen molar-refractivity contribution in [3.05, 3.63) is 0 Å². The first kappa shape index (κ1) is 12.4. The lowest BCUT2D eigenvalue weighted by atomic mass is 9.81. The summed E-state index contributed by atoms with van der Waals surface area (Å²) < 4.78 is 0. The molecule has 0 saturated heterocycles. The van der Waals surface area contributed by atoms with E-state index in [9.17, 15) is 14.7 Å². The molecule has 0 aliphatic heterocycles. The number of aliphatic carboxylic acids is 1. The summed E-state index contributed by atoms with van der Waals surface area (Å²) in [5, 5.41) is 11.9. The van der Waals surface area contributed by atoms with Crippen molar-refractivity contribution < 1.29 is 14.7 Å². The van der Waals surface area contributed by atoms with E-state index in [4.69, 9.17) is 0 Å². The Morgan fingerprint density at radius 1 is 1.33 bits per heavy atom. The van der Waals surface area contributed by atoms with Gasteiger partial charge in [0.1, 0.15) is 5.54 Å². The van der Waals surface area contributed by atoms with Crippen LogP contribution in [0.5, 0.6) is 0 Å². The predicted molar refractivity (Wildman–Crippen MR) is 60.0 cm³/mol. The van der Waals surface area contributed by atoms with Gasteiger partial charge in [0.15, 0.2) is 0 Å². The fraction of sp³-hybridized carbons (Fsp3) is 0.800. The van der Waals surface area contributed by atoms with Crippen LogP contribution in [0.25, 0.3) is 0 Å². The van der Waals surface area contributed by atoms with Crippen LogP contribution < -0.4 is 5.32 Å². The van der Waals surface area contributed by atoms with Gasteiger partial charge in [-0.3, -0.25) is 4.79 Å². The van der Waals surface area contributed by atoms with Crippen molar-refractivity contribution in [2.75, 3.05) is 12.0 Å². The van der Waals surface area contributed by atoms with Crippen LogP contribution in [0.1, 0.15) is 32.1 Å². The van der Waals surface area contributed by atoms with Crippen LogP contribution in [-0.4, -0.2) is 34.5 Å². The third-order valence-electron chi connectivity index (χ3n) is 2.77.